The van der Waals surface area contributed by atoms with Crippen LogP contribution in [0.5, 0.6) is 5.75 Å². The maximum absolute atomic E-state index is 12.2. The van der Waals surface area contributed by atoms with Crippen LogP contribution in [-0.4, -0.2) is 37.3 Å². The van der Waals surface area contributed by atoms with Gasteiger partial charge in [-0.1, -0.05) is 19.9 Å². The van der Waals surface area contributed by atoms with Gasteiger partial charge in [0, 0.05) is 18.5 Å². The molecule has 1 aromatic rings. The number of halogens is 1. The summed E-state index contributed by atoms with van der Waals surface area (Å²) < 4.78 is 5.37. The third kappa shape index (κ3) is 6.07. The van der Waals surface area contributed by atoms with E-state index in [9.17, 15) is 4.79 Å². The number of amides is 1. The van der Waals surface area contributed by atoms with Gasteiger partial charge in [0.15, 0.2) is 0 Å². The molecule has 1 atom stereocenters. The molecule has 0 heterocycles. The highest BCUT2D eigenvalue weighted by molar-refractivity contribution is 7.98. The number of rotatable bonds is 7. The van der Waals surface area contributed by atoms with E-state index in [-0.39, 0.29) is 18.3 Å². The second kappa shape index (κ2) is 9.98. The lowest BCUT2D eigenvalue weighted by Crippen LogP contribution is -2.42. The first-order valence-corrected chi connectivity index (χ1v) is 8.33. The molecule has 0 radical (unpaired) electrons. The van der Waals surface area contributed by atoms with E-state index in [4.69, 9.17) is 10.5 Å². The third-order valence-electron chi connectivity index (χ3n) is 3.29. The average molecular weight is 347 g/mol. The van der Waals surface area contributed by atoms with Gasteiger partial charge in [-0.3, -0.25) is 4.79 Å². The van der Waals surface area contributed by atoms with E-state index >= 15 is 0 Å². The molecule has 2 N–H and O–H groups in total. The first-order valence-electron chi connectivity index (χ1n) is 7.10. The molecule has 0 aliphatic heterocycles. The van der Waals surface area contributed by atoms with E-state index in [1.807, 2.05) is 24.5 Å². The molecule has 0 aromatic heterocycles. The molecular formula is C16H27ClN2O2S. The van der Waals surface area contributed by atoms with Gasteiger partial charge in [-0.15, -0.1) is 24.2 Å². The highest BCUT2D eigenvalue weighted by Gasteiger charge is 2.19. The summed E-state index contributed by atoms with van der Waals surface area (Å²) in [6, 6.07) is 5.59. The van der Waals surface area contributed by atoms with Gasteiger partial charge in [0.05, 0.1) is 13.2 Å². The molecule has 126 valence electrons. The molecule has 1 aromatic carbocycles. The molecule has 0 spiro atoms. The number of methoxy groups -OCH3 is 1. The van der Waals surface area contributed by atoms with Gasteiger partial charge in [-0.05, 0) is 36.3 Å². The van der Waals surface area contributed by atoms with Crippen molar-refractivity contribution in [1.29, 1.82) is 0 Å². The predicted octanol–water partition coefficient (Wildman–Crippen LogP) is 3.17. The van der Waals surface area contributed by atoms with Crippen LogP contribution in [0, 0.1) is 5.92 Å². The summed E-state index contributed by atoms with van der Waals surface area (Å²) >= 11 is 1.64. The lowest BCUT2D eigenvalue weighted by Gasteiger charge is -2.22. The Morgan fingerprint density at radius 2 is 2.05 bits per heavy atom. The highest BCUT2D eigenvalue weighted by Crippen LogP contribution is 2.28. The van der Waals surface area contributed by atoms with Crippen LogP contribution in [0.1, 0.15) is 25.8 Å². The summed E-state index contributed by atoms with van der Waals surface area (Å²) in [6.07, 6.45) is 2.72. The fourth-order valence-corrected chi connectivity index (χ4v) is 2.77. The van der Waals surface area contributed by atoms with Crippen molar-refractivity contribution in [2.45, 2.75) is 37.8 Å². The number of benzene rings is 1. The minimum Gasteiger partial charge on any atom is -0.496 e. The van der Waals surface area contributed by atoms with Gasteiger partial charge in [0.2, 0.25) is 5.91 Å². The van der Waals surface area contributed by atoms with E-state index in [1.165, 1.54) is 0 Å². The maximum atomic E-state index is 12.2. The zero-order chi connectivity index (χ0) is 16.0. The maximum Gasteiger partial charge on any atom is 0.239 e. The molecule has 0 saturated carbocycles. The molecule has 0 unspecified atom stereocenters. The summed E-state index contributed by atoms with van der Waals surface area (Å²) in [4.78, 5) is 15.0. The fourth-order valence-electron chi connectivity index (χ4n) is 2.22. The fraction of sp³-hybridized carbons (Fsp3) is 0.562. The molecule has 1 rings (SSSR count). The third-order valence-corrected chi connectivity index (χ3v) is 4.06. The largest absolute Gasteiger partial charge is 0.496 e. The van der Waals surface area contributed by atoms with Crippen molar-refractivity contribution in [3.63, 3.8) is 0 Å². The molecular weight excluding hydrogens is 320 g/mol. The second-order valence-electron chi connectivity index (χ2n) is 5.62. The Hall–Kier alpha value is -0.910. The van der Waals surface area contributed by atoms with Crippen LogP contribution >= 0.6 is 24.2 Å². The minimum absolute atomic E-state index is 0. The number of hydrogen-bond donors (Lipinski definition) is 1. The molecule has 1 amide bonds. The first kappa shape index (κ1) is 21.1. The number of carbonyl (C=O) groups is 1. The number of thioether (sulfide) groups is 1. The molecule has 0 saturated heterocycles. The topological polar surface area (TPSA) is 55.6 Å². The van der Waals surface area contributed by atoms with E-state index in [2.05, 4.69) is 13.8 Å². The normalized spacial score (nSPS) is 11.8. The molecule has 0 aliphatic rings. The summed E-state index contributed by atoms with van der Waals surface area (Å²) in [6.45, 7) is 4.67. The number of hydrogen-bond acceptors (Lipinski definition) is 4. The van der Waals surface area contributed by atoms with E-state index in [1.54, 1.807) is 30.8 Å². The van der Waals surface area contributed by atoms with Crippen molar-refractivity contribution in [2.24, 2.45) is 11.7 Å². The molecule has 22 heavy (non-hydrogen) atoms. The molecule has 0 bridgehead atoms. The van der Waals surface area contributed by atoms with Crippen molar-refractivity contribution < 1.29 is 9.53 Å². The Bertz CT molecular complexity index is 483. The summed E-state index contributed by atoms with van der Waals surface area (Å²) in [5.41, 5.74) is 6.99. The number of ether oxygens (including phenoxy) is 1. The number of nitrogens with zero attached hydrogens (tertiary/aromatic N) is 1. The van der Waals surface area contributed by atoms with Gasteiger partial charge < -0.3 is 15.4 Å². The van der Waals surface area contributed by atoms with Crippen molar-refractivity contribution in [3.05, 3.63) is 23.8 Å². The summed E-state index contributed by atoms with van der Waals surface area (Å²) in [5, 5.41) is 0. The van der Waals surface area contributed by atoms with Gasteiger partial charge >= 0.3 is 0 Å². The van der Waals surface area contributed by atoms with Crippen LogP contribution in [0.3, 0.4) is 0 Å². The lowest BCUT2D eigenvalue weighted by atomic mass is 10.0. The zero-order valence-corrected chi connectivity index (χ0v) is 15.6. The van der Waals surface area contributed by atoms with E-state index in [0.717, 1.165) is 16.2 Å². The Kier molecular flexibility index (Phi) is 9.56. The van der Waals surface area contributed by atoms with Crippen LogP contribution in [0.4, 0.5) is 0 Å². The molecule has 6 heteroatoms. The Balaban J connectivity index is 0.00000441. The summed E-state index contributed by atoms with van der Waals surface area (Å²) in [7, 11) is 3.45. The number of likely N-dealkylation sites (N-methyl/N-ethyl adjacent to an activating group) is 1. The molecule has 0 aliphatic carbocycles. The second-order valence-corrected chi connectivity index (χ2v) is 6.47. The van der Waals surface area contributed by atoms with Crippen LogP contribution in [0.25, 0.3) is 0 Å². The monoisotopic (exact) mass is 346 g/mol. The smallest absolute Gasteiger partial charge is 0.239 e. The SMILES string of the molecule is COc1cc(CN(C)C(=O)[C@@H](N)CC(C)C)ccc1SC.Cl. The number of carbonyl (C=O) groups excluding carboxylic acids is 1. The van der Waals surface area contributed by atoms with Crippen molar-refractivity contribution in [3.8, 4) is 5.75 Å². The van der Waals surface area contributed by atoms with Crippen LogP contribution in [0.2, 0.25) is 0 Å². The standard InChI is InChI=1S/C16H26N2O2S.ClH/c1-11(2)8-13(17)16(19)18(3)10-12-6-7-15(21-5)14(9-12)20-4;/h6-7,9,11,13H,8,10,17H2,1-5H3;1H/t13-;/m0./s1. The van der Waals surface area contributed by atoms with Crippen molar-refractivity contribution in [2.75, 3.05) is 20.4 Å². The first-order chi connectivity index (χ1) is 9.88. The summed E-state index contributed by atoms with van der Waals surface area (Å²) in [5.74, 6) is 1.24. The Morgan fingerprint density at radius 1 is 1.41 bits per heavy atom. The molecule has 0 fully saturated rings. The van der Waals surface area contributed by atoms with Gasteiger partial charge in [-0.2, -0.15) is 0 Å². The molecule has 4 nitrogen and oxygen atoms in total. The van der Waals surface area contributed by atoms with Crippen LogP contribution < -0.4 is 10.5 Å². The Labute approximate surface area is 144 Å². The van der Waals surface area contributed by atoms with E-state index in [0.29, 0.717) is 18.9 Å². The minimum atomic E-state index is -0.428. The van der Waals surface area contributed by atoms with Crippen molar-refractivity contribution in [1.82, 2.24) is 4.90 Å². The van der Waals surface area contributed by atoms with Crippen LogP contribution in [0.15, 0.2) is 23.1 Å². The van der Waals surface area contributed by atoms with Gasteiger partial charge in [0.1, 0.15) is 5.75 Å². The quantitative estimate of drug-likeness (QED) is 0.770. The zero-order valence-electron chi connectivity index (χ0n) is 14.0. The number of nitrogens with two attached hydrogens (primary N) is 1. The highest BCUT2D eigenvalue weighted by atomic mass is 35.5. The average Bonchev–Trinajstić information content (AvgIpc) is 2.45. The predicted molar refractivity (Wildman–Crippen MR) is 95.9 cm³/mol. The van der Waals surface area contributed by atoms with Gasteiger partial charge in [0.25, 0.3) is 0 Å². The lowest BCUT2D eigenvalue weighted by molar-refractivity contribution is -0.132. The van der Waals surface area contributed by atoms with E-state index < -0.39 is 6.04 Å². The van der Waals surface area contributed by atoms with Gasteiger partial charge in [-0.25, -0.2) is 0 Å². The van der Waals surface area contributed by atoms with Crippen molar-refractivity contribution >= 4 is 30.1 Å². The Morgan fingerprint density at radius 3 is 2.55 bits per heavy atom. The van der Waals surface area contributed by atoms with Crippen LogP contribution in [-0.2, 0) is 11.3 Å².